The first-order valence-corrected chi connectivity index (χ1v) is 6.55. The molecule has 1 rings (SSSR count). The predicted octanol–water partition coefficient (Wildman–Crippen LogP) is 2.44. The SMILES string of the molecule is CC(C)C(N)CC(=O)NCc1ccccc1Br. The summed E-state index contributed by atoms with van der Waals surface area (Å²) in [7, 11) is 0. The fourth-order valence-electron chi connectivity index (χ4n) is 1.36. The molecule has 0 bridgehead atoms. The fraction of sp³-hybridized carbons (Fsp3) is 0.462. The van der Waals surface area contributed by atoms with Crippen LogP contribution < -0.4 is 11.1 Å². The van der Waals surface area contributed by atoms with E-state index in [0.717, 1.165) is 10.0 Å². The molecule has 0 saturated heterocycles. The topological polar surface area (TPSA) is 55.1 Å². The van der Waals surface area contributed by atoms with Crippen LogP contribution in [0, 0.1) is 5.92 Å². The molecule has 94 valence electrons. The van der Waals surface area contributed by atoms with Gasteiger partial charge in [-0.15, -0.1) is 0 Å². The molecule has 3 nitrogen and oxygen atoms in total. The van der Waals surface area contributed by atoms with Gasteiger partial charge in [-0.25, -0.2) is 0 Å². The van der Waals surface area contributed by atoms with Crippen molar-refractivity contribution in [3.8, 4) is 0 Å². The van der Waals surface area contributed by atoms with E-state index >= 15 is 0 Å². The van der Waals surface area contributed by atoms with E-state index in [-0.39, 0.29) is 11.9 Å². The van der Waals surface area contributed by atoms with E-state index in [4.69, 9.17) is 5.73 Å². The first-order chi connectivity index (χ1) is 8.00. The number of halogens is 1. The van der Waals surface area contributed by atoms with Gasteiger partial charge in [0.05, 0.1) is 0 Å². The highest BCUT2D eigenvalue weighted by molar-refractivity contribution is 9.10. The summed E-state index contributed by atoms with van der Waals surface area (Å²) in [4.78, 5) is 11.6. The fourth-order valence-corrected chi connectivity index (χ4v) is 1.78. The van der Waals surface area contributed by atoms with Crippen molar-refractivity contribution in [3.05, 3.63) is 34.3 Å². The molecule has 1 atom stereocenters. The third-order valence-electron chi connectivity index (χ3n) is 2.71. The van der Waals surface area contributed by atoms with Crippen molar-refractivity contribution >= 4 is 21.8 Å². The largest absolute Gasteiger partial charge is 0.352 e. The maximum absolute atomic E-state index is 11.6. The van der Waals surface area contributed by atoms with Crippen molar-refractivity contribution in [1.29, 1.82) is 0 Å². The molecule has 0 heterocycles. The molecule has 0 saturated carbocycles. The minimum absolute atomic E-state index is 0.00181. The molecule has 0 aromatic heterocycles. The zero-order chi connectivity index (χ0) is 12.8. The summed E-state index contributed by atoms with van der Waals surface area (Å²) in [5, 5.41) is 2.88. The van der Waals surface area contributed by atoms with E-state index in [1.165, 1.54) is 0 Å². The maximum atomic E-state index is 11.6. The molecule has 1 unspecified atom stereocenters. The van der Waals surface area contributed by atoms with E-state index in [9.17, 15) is 4.79 Å². The van der Waals surface area contributed by atoms with Crippen molar-refractivity contribution < 1.29 is 4.79 Å². The number of benzene rings is 1. The van der Waals surface area contributed by atoms with E-state index in [1.807, 2.05) is 38.1 Å². The van der Waals surface area contributed by atoms with Gasteiger partial charge in [0.2, 0.25) is 5.91 Å². The lowest BCUT2D eigenvalue weighted by Gasteiger charge is -2.15. The Morgan fingerprint density at radius 1 is 1.41 bits per heavy atom. The molecule has 0 radical (unpaired) electrons. The Kier molecular flexibility index (Phi) is 5.65. The molecule has 4 heteroatoms. The number of rotatable bonds is 5. The Bertz CT molecular complexity index is 379. The lowest BCUT2D eigenvalue weighted by molar-refractivity contribution is -0.121. The summed E-state index contributed by atoms with van der Waals surface area (Å²) in [6, 6.07) is 7.76. The van der Waals surface area contributed by atoms with Gasteiger partial charge in [0.25, 0.3) is 0 Å². The molecule has 0 aliphatic carbocycles. The lowest BCUT2D eigenvalue weighted by atomic mass is 10.0. The molecule has 1 amide bonds. The molecule has 1 aromatic rings. The van der Waals surface area contributed by atoms with E-state index in [1.54, 1.807) is 0 Å². The van der Waals surface area contributed by atoms with Crippen LogP contribution in [0.25, 0.3) is 0 Å². The van der Waals surface area contributed by atoms with Gasteiger partial charge in [-0.3, -0.25) is 4.79 Å². The second-order valence-corrected chi connectivity index (χ2v) is 5.33. The normalized spacial score (nSPS) is 12.5. The first kappa shape index (κ1) is 14.2. The van der Waals surface area contributed by atoms with Gasteiger partial charge < -0.3 is 11.1 Å². The molecule has 0 aliphatic rings. The molecule has 1 aromatic carbocycles. The van der Waals surface area contributed by atoms with Gasteiger partial charge >= 0.3 is 0 Å². The zero-order valence-corrected chi connectivity index (χ0v) is 11.8. The summed E-state index contributed by atoms with van der Waals surface area (Å²) >= 11 is 3.44. The second kappa shape index (κ2) is 6.77. The van der Waals surface area contributed by atoms with Crippen LogP contribution in [-0.4, -0.2) is 11.9 Å². The van der Waals surface area contributed by atoms with Crippen molar-refractivity contribution in [2.45, 2.75) is 32.9 Å². The van der Waals surface area contributed by atoms with Crippen molar-refractivity contribution in [3.63, 3.8) is 0 Å². The standard InChI is InChI=1S/C13H19BrN2O/c1-9(2)12(15)7-13(17)16-8-10-5-3-4-6-11(10)14/h3-6,9,12H,7-8,15H2,1-2H3,(H,16,17). The van der Waals surface area contributed by atoms with Crippen molar-refractivity contribution in [2.24, 2.45) is 11.7 Å². The van der Waals surface area contributed by atoms with Crippen LogP contribution in [0.1, 0.15) is 25.8 Å². The van der Waals surface area contributed by atoms with E-state index in [2.05, 4.69) is 21.2 Å². The number of hydrogen-bond donors (Lipinski definition) is 2. The van der Waals surface area contributed by atoms with Crippen LogP contribution in [0.3, 0.4) is 0 Å². The molecule has 0 aliphatic heterocycles. The molecule has 0 spiro atoms. The Labute approximate surface area is 111 Å². The van der Waals surface area contributed by atoms with E-state index in [0.29, 0.717) is 18.9 Å². The third-order valence-corrected chi connectivity index (χ3v) is 3.48. The number of carbonyl (C=O) groups excluding carboxylic acids is 1. The van der Waals surface area contributed by atoms with Crippen LogP contribution in [0.5, 0.6) is 0 Å². The number of nitrogens with two attached hydrogens (primary N) is 1. The van der Waals surface area contributed by atoms with Crippen LogP contribution >= 0.6 is 15.9 Å². The van der Waals surface area contributed by atoms with Crippen LogP contribution in [0.4, 0.5) is 0 Å². The van der Waals surface area contributed by atoms with Gasteiger partial charge in [-0.05, 0) is 17.5 Å². The summed E-state index contributed by atoms with van der Waals surface area (Å²) in [6.45, 7) is 4.57. The molecule has 3 N–H and O–H groups in total. The van der Waals surface area contributed by atoms with E-state index < -0.39 is 0 Å². The molecular formula is C13H19BrN2O. The summed E-state index contributed by atoms with van der Waals surface area (Å²) in [6.07, 6.45) is 0.377. The summed E-state index contributed by atoms with van der Waals surface area (Å²) < 4.78 is 1.01. The second-order valence-electron chi connectivity index (χ2n) is 4.48. The molecular weight excluding hydrogens is 280 g/mol. The van der Waals surface area contributed by atoms with Gasteiger partial charge in [0.15, 0.2) is 0 Å². The van der Waals surface area contributed by atoms with Crippen molar-refractivity contribution in [1.82, 2.24) is 5.32 Å². The number of hydrogen-bond acceptors (Lipinski definition) is 2. The monoisotopic (exact) mass is 298 g/mol. The van der Waals surface area contributed by atoms with Gasteiger partial charge in [0.1, 0.15) is 0 Å². The number of amides is 1. The summed E-state index contributed by atoms with van der Waals surface area (Å²) in [5.74, 6) is 0.325. The van der Waals surface area contributed by atoms with Crippen molar-refractivity contribution in [2.75, 3.05) is 0 Å². The highest BCUT2D eigenvalue weighted by Gasteiger charge is 2.12. The Morgan fingerprint density at radius 3 is 2.65 bits per heavy atom. The smallest absolute Gasteiger partial charge is 0.221 e. The van der Waals surface area contributed by atoms with Gasteiger partial charge in [0, 0.05) is 23.5 Å². The predicted molar refractivity (Wildman–Crippen MR) is 73.4 cm³/mol. The maximum Gasteiger partial charge on any atom is 0.221 e. The third kappa shape index (κ3) is 4.88. The zero-order valence-electron chi connectivity index (χ0n) is 10.2. The highest BCUT2D eigenvalue weighted by Crippen LogP contribution is 2.15. The first-order valence-electron chi connectivity index (χ1n) is 5.76. The van der Waals surface area contributed by atoms with Gasteiger partial charge in [-0.1, -0.05) is 48.0 Å². The number of carbonyl (C=O) groups is 1. The minimum atomic E-state index is -0.0748. The molecule has 17 heavy (non-hydrogen) atoms. The van der Waals surface area contributed by atoms with Crippen LogP contribution in [0.15, 0.2) is 28.7 Å². The highest BCUT2D eigenvalue weighted by atomic mass is 79.9. The Balaban J connectivity index is 2.41. The Morgan fingerprint density at radius 2 is 2.06 bits per heavy atom. The quantitative estimate of drug-likeness (QED) is 0.877. The van der Waals surface area contributed by atoms with Gasteiger partial charge in [-0.2, -0.15) is 0 Å². The lowest BCUT2D eigenvalue weighted by Crippen LogP contribution is -2.34. The summed E-state index contributed by atoms with van der Waals surface area (Å²) in [5.41, 5.74) is 6.91. The average molecular weight is 299 g/mol. The Hall–Kier alpha value is -0.870. The van der Waals surface area contributed by atoms with Crippen LogP contribution in [0.2, 0.25) is 0 Å². The van der Waals surface area contributed by atoms with Crippen LogP contribution in [-0.2, 0) is 11.3 Å². The minimum Gasteiger partial charge on any atom is -0.352 e. The average Bonchev–Trinajstić information content (AvgIpc) is 2.27. The molecule has 0 fully saturated rings. The number of nitrogens with one attached hydrogen (secondary N) is 1.